The molecule has 0 bridgehead atoms. The molecule has 0 aliphatic heterocycles. The van der Waals surface area contributed by atoms with Crippen LogP contribution in [0.4, 0.5) is 11.8 Å². The maximum atomic E-state index is 10.6. The van der Waals surface area contributed by atoms with E-state index in [-0.39, 0.29) is 18.1 Å². The van der Waals surface area contributed by atoms with Crippen LogP contribution >= 0.6 is 11.3 Å². The summed E-state index contributed by atoms with van der Waals surface area (Å²) in [7, 11) is 0. The number of pyridine rings is 1. The Bertz CT molecular complexity index is 1180. The summed E-state index contributed by atoms with van der Waals surface area (Å²) in [6.45, 7) is 5.86. The third-order valence-corrected chi connectivity index (χ3v) is 8.06. The van der Waals surface area contributed by atoms with Gasteiger partial charge in [-0.1, -0.05) is 0 Å². The highest BCUT2D eigenvalue weighted by molar-refractivity contribution is 7.21. The zero-order chi connectivity index (χ0) is 23.3. The van der Waals surface area contributed by atoms with Crippen molar-refractivity contribution in [3.05, 3.63) is 23.7 Å². The fourth-order valence-electron chi connectivity index (χ4n) is 4.80. The van der Waals surface area contributed by atoms with Gasteiger partial charge in [0.15, 0.2) is 0 Å². The first kappa shape index (κ1) is 22.4. The van der Waals surface area contributed by atoms with Crippen LogP contribution in [-0.4, -0.2) is 65.7 Å². The number of hydrogen-bond donors (Lipinski definition) is 5. The molecule has 3 aromatic rings. The molecule has 2 aliphatic rings. The van der Waals surface area contributed by atoms with Gasteiger partial charge in [-0.15, -0.1) is 11.3 Å². The van der Waals surface area contributed by atoms with E-state index < -0.39 is 18.2 Å². The Balaban J connectivity index is 1.57. The minimum Gasteiger partial charge on any atom is -0.396 e. The summed E-state index contributed by atoms with van der Waals surface area (Å²) in [5.41, 5.74) is 3.24. The van der Waals surface area contributed by atoms with E-state index in [1.807, 2.05) is 19.9 Å². The molecule has 0 spiro atoms. The highest BCUT2D eigenvalue weighted by Crippen LogP contribution is 2.40. The number of aromatic nitrogens is 4. The Morgan fingerprint density at radius 2 is 1.91 bits per heavy atom. The van der Waals surface area contributed by atoms with Gasteiger partial charge in [0.2, 0.25) is 5.95 Å². The summed E-state index contributed by atoms with van der Waals surface area (Å²) in [5, 5.41) is 38.1. The molecule has 0 saturated heterocycles. The molecule has 3 heterocycles. The zero-order valence-electron chi connectivity index (χ0n) is 19.0. The molecule has 176 valence electrons. The van der Waals surface area contributed by atoms with Crippen LogP contribution in [0.15, 0.2) is 12.3 Å². The third kappa shape index (κ3) is 4.05. The summed E-state index contributed by atoms with van der Waals surface area (Å²) in [4.78, 5) is 18.7. The van der Waals surface area contributed by atoms with Crippen LogP contribution in [0.2, 0.25) is 0 Å². The second kappa shape index (κ2) is 8.43. The van der Waals surface area contributed by atoms with Crippen LogP contribution in [0.1, 0.15) is 44.0 Å². The van der Waals surface area contributed by atoms with Gasteiger partial charge in [0.1, 0.15) is 22.4 Å². The van der Waals surface area contributed by atoms with E-state index in [1.165, 1.54) is 6.42 Å². The lowest BCUT2D eigenvalue weighted by molar-refractivity contribution is 0.00446. The second-order valence-electron chi connectivity index (χ2n) is 9.57. The molecule has 33 heavy (non-hydrogen) atoms. The molecule has 3 aromatic heterocycles. The number of nitrogens with one attached hydrogen (secondary N) is 2. The maximum absolute atomic E-state index is 10.6. The highest BCUT2D eigenvalue weighted by atomic mass is 32.1. The third-order valence-electron chi connectivity index (χ3n) is 7.02. The van der Waals surface area contributed by atoms with Gasteiger partial charge < -0.3 is 26.0 Å². The average Bonchev–Trinajstić information content (AvgIpc) is 3.29. The molecule has 5 rings (SSSR count). The van der Waals surface area contributed by atoms with Crippen LogP contribution < -0.4 is 10.6 Å². The van der Waals surface area contributed by atoms with E-state index in [0.717, 1.165) is 45.0 Å². The lowest BCUT2D eigenvalue weighted by Gasteiger charge is -2.39. The lowest BCUT2D eigenvalue weighted by Crippen LogP contribution is -2.42. The predicted molar refractivity (Wildman–Crippen MR) is 128 cm³/mol. The Hall–Kier alpha value is -2.40. The summed E-state index contributed by atoms with van der Waals surface area (Å²) >= 11 is 1.55. The molecule has 2 aliphatic carbocycles. The largest absolute Gasteiger partial charge is 0.396 e. The van der Waals surface area contributed by atoms with E-state index in [1.54, 1.807) is 17.5 Å². The van der Waals surface area contributed by atoms with Crippen molar-refractivity contribution in [3.8, 4) is 10.6 Å². The molecule has 1 unspecified atom stereocenters. The van der Waals surface area contributed by atoms with Crippen molar-refractivity contribution >= 4 is 33.3 Å². The molecular formula is C23H30N6O3S. The molecular weight excluding hydrogens is 440 g/mol. The van der Waals surface area contributed by atoms with E-state index in [4.69, 9.17) is 15.0 Å². The fourth-order valence-corrected chi connectivity index (χ4v) is 5.92. The standard InChI is InChI=1S/C23H30N6O3S/c1-11-16(21-27-17-12(2)24-8-5-15(17)33-21)20(26-14-9-13(10-30)18(31)19(14)32)28-22(25-11)29-23(3)6-4-7-23/h5,8,13-14,18-19,30-32H,4,6-7,9-10H2,1-3H3,(H2,25,26,28,29)/t13-,14?,18-,19+/m1/s1. The van der Waals surface area contributed by atoms with Crippen molar-refractivity contribution < 1.29 is 15.3 Å². The van der Waals surface area contributed by atoms with E-state index in [9.17, 15) is 15.3 Å². The molecule has 10 heteroatoms. The quantitative estimate of drug-likeness (QED) is 0.368. The summed E-state index contributed by atoms with van der Waals surface area (Å²) in [6, 6.07) is 1.50. The first-order valence-corrected chi connectivity index (χ1v) is 12.2. The first-order valence-electron chi connectivity index (χ1n) is 11.4. The van der Waals surface area contributed by atoms with Crippen LogP contribution in [0.3, 0.4) is 0 Å². The van der Waals surface area contributed by atoms with Gasteiger partial charge in [-0.25, -0.2) is 9.97 Å². The van der Waals surface area contributed by atoms with Gasteiger partial charge >= 0.3 is 0 Å². The van der Waals surface area contributed by atoms with E-state index in [0.29, 0.717) is 18.2 Å². The molecule has 0 radical (unpaired) electrons. The summed E-state index contributed by atoms with van der Waals surface area (Å²) < 4.78 is 1.03. The highest BCUT2D eigenvalue weighted by Gasteiger charge is 2.42. The summed E-state index contributed by atoms with van der Waals surface area (Å²) in [6.07, 6.45) is 3.53. The average molecular weight is 471 g/mol. The van der Waals surface area contributed by atoms with Crippen LogP contribution in [0.5, 0.6) is 0 Å². The maximum Gasteiger partial charge on any atom is 0.225 e. The Morgan fingerprint density at radius 3 is 2.55 bits per heavy atom. The number of hydrogen-bond acceptors (Lipinski definition) is 10. The van der Waals surface area contributed by atoms with Crippen molar-refractivity contribution in [3.63, 3.8) is 0 Å². The van der Waals surface area contributed by atoms with Crippen LogP contribution in [0.25, 0.3) is 20.8 Å². The van der Waals surface area contributed by atoms with Crippen molar-refractivity contribution in [1.29, 1.82) is 0 Å². The smallest absolute Gasteiger partial charge is 0.225 e. The number of rotatable bonds is 6. The number of aliphatic hydroxyl groups excluding tert-OH is 3. The van der Waals surface area contributed by atoms with E-state index in [2.05, 4.69) is 22.5 Å². The van der Waals surface area contributed by atoms with Crippen molar-refractivity contribution in [2.75, 3.05) is 17.2 Å². The Morgan fingerprint density at radius 1 is 1.12 bits per heavy atom. The van der Waals surface area contributed by atoms with Crippen molar-refractivity contribution in [1.82, 2.24) is 19.9 Å². The van der Waals surface area contributed by atoms with E-state index >= 15 is 0 Å². The molecule has 9 nitrogen and oxygen atoms in total. The molecule has 2 saturated carbocycles. The fraction of sp³-hybridized carbons (Fsp3) is 0.565. The normalized spacial score (nSPS) is 26.4. The molecule has 2 fully saturated rings. The predicted octanol–water partition coefficient (Wildman–Crippen LogP) is 2.63. The van der Waals surface area contributed by atoms with Gasteiger partial charge in [0, 0.05) is 24.3 Å². The van der Waals surface area contributed by atoms with Crippen LogP contribution in [0, 0.1) is 19.8 Å². The monoisotopic (exact) mass is 470 g/mol. The molecule has 0 aromatic carbocycles. The SMILES string of the molecule is Cc1nc(NC2(C)CCC2)nc(NC2C[C@H](CO)[C@@H](O)[C@H]2O)c1-c1nc2c(C)nccc2s1. The number of aliphatic hydroxyl groups is 3. The zero-order valence-corrected chi connectivity index (χ0v) is 19.9. The van der Waals surface area contributed by atoms with Gasteiger partial charge in [-0.3, -0.25) is 4.98 Å². The summed E-state index contributed by atoms with van der Waals surface area (Å²) in [5.74, 6) is 0.714. The first-order chi connectivity index (χ1) is 15.8. The number of anilines is 2. The van der Waals surface area contributed by atoms with Gasteiger partial charge in [0.25, 0.3) is 0 Å². The second-order valence-corrected chi connectivity index (χ2v) is 10.6. The minimum absolute atomic E-state index is 0.0189. The molecule has 0 amide bonds. The lowest BCUT2D eigenvalue weighted by atomic mass is 9.79. The molecule has 5 N–H and O–H groups in total. The Labute approximate surface area is 196 Å². The van der Waals surface area contributed by atoms with Gasteiger partial charge in [-0.05, 0) is 52.5 Å². The number of thiazole rings is 1. The van der Waals surface area contributed by atoms with Gasteiger partial charge in [-0.2, -0.15) is 4.98 Å². The number of aryl methyl sites for hydroxylation is 2. The van der Waals surface area contributed by atoms with Crippen molar-refractivity contribution in [2.24, 2.45) is 5.92 Å². The number of nitrogens with zero attached hydrogens (tertiary/aromatic N) is 4. The topological polar surface area (TPSA) is 136 Å². The Kier molecular flexibility index (Phi) is 5.72. The van der Waals surface area contributed by atoms with Gasteiger partial charge in [0.05, 0.1) is 33.8 Å². The number of fused-ring (bicyclic) bond motifs is 1. The van der Waals surface area contributed by atoms with Crippen LogP contribution in [-0.2, 0) is 0 Å². The minimum atomic E-state index is -1.01. The molecule has 4 atom stereocenters. The van der Waals surface area contributed by atoms with Crippen molar-refractivity contribution in [2.45, 2.75) is 70.2 Å².